The molecule has 110 valence electrons. The van der Waals surface area contributed by atoms with E-state index in [2.05, 4.69) is 36.1 Å². The summed E-state index contributed by atoms with van der Waals surface area (Å²) in [6.45, 7) is 4.80. The van der Waals surface area contributed by atoms with E-state index >= 15 is 0 Å². The van der Waals surface area contributed by atoms with Crippen molar-refractivity contribution >= 4 is 5.69 Å². The first kappa shape index (κ1) is 14.0. The standard InChI is InChI=1S/C19H29N/c1-2-3-14-20(15-18-8-9-18)19-12-10-17(11-13-19)7-6-16-4-5-16/h10-13,16,18H,2-9,14-15H2,1H3. The lowest BCUT2D eigenvalue weighted by Gasteiger charge is -2.25. The Morgan fingerprint density at radius 2 is 1.70 bits per heavy atom. The molecule has 0 radical (unpaired) electrons. The molecule has 3 rings (SSSR count). The van der Waals surface area contributed by atoms with E-state index in [0.717, 1.165) is 11.8 Å². The molecule has 0 saturated heterocycles. The van der Waals surface area contributed by atoms with E-state index in [0.29, 0.717) is 0 Å². The molecule has 2 aliphatic rings. The predicted octanol–water partition coefficient (Wildman–Crippen LogP) is 5.05. The van der Waals surface area contributed by atoms with Crippen molar-refractivity contribution in [3.63, 3.8) is 0 Å². The lowest BCUT2D eigenvalue weighted by molar-refractivity contribution is 0.678. The van der Waals surface area contributed by atoms with E-state index in [1.807, 2.05) is 0 Å². The number of hydrogen-bond acceptors (Lipinski definition) is 1. The lowest BCUT2D eigenvalue weighted by atomic mass is 10.1. The van der Waals surface area contributed by atoms with Gasteiger partial charge in [-0.3, -0.25) is 0 Å². The third-order valence-electron chi connectivity index (χ3n) is 4.80. The number of unbranched alkanes of at least 4 members (excludes halogenated alkanes) is 1. The summed E-state index contributed by atoms with van der Waals surface area (Å²) in [5.41, 5.74) is 2.98. The highest BCUT2D eigenvalue weighted by atomic mass is 15.1. The monoisotopic (exact) mass is 271 g/mol. The summed E-state index contributed by atoms with van der Waals surface area (Å²) in [6.07, 6.45) is 11.1. The van der Waals surface area contributed by atoms with E-state index in [-0.39, 0.29) is 0 Å². The van der Waals surface area contributed by atoms with E-state index in [4.69, 9.17) is 0 Å². The Hall–Kier alpha value is -0.980. The molecule has 2 fully saturated rings. The summed E-state index contributed by atoms with van der Waals surface area (Å²) in [4.78, 5) is 2.62. The van der Waals surface area contributed by atoms with Crippen LogP contribution < -0.4 is 4.90 Å². The van der Waals surface area contributed by atoms with Gasteiger partial charge in [-0.05, 0) is 61.6 Å². The van der Waals surface area contributed by atoms with Crippen molar-refractivity contribution < 1.29 is 0 Å². The summed E-state index contributed by atoms with van der Waals surface area (Å²) >= 11 is 0. The van der Waals surface area contributed by atoms with E-state index < -0.39 is 0 Å². The number of benzene rings is 1. The molecule has 1 heteroatoms. The fraction of sp³-hybridized carbons (Fsp3) is 0.684. The van der Waals surface area contributed by atoms with Crippen molar-refractivity contribution in [3.8, 4) is 0 Å². The Bertz CT molecular complexity index is 400. The second-order valence-electron chi connectivity index (χ2n) is 6.89. The van der Waals surface area contributed by atoms with Gasteiger partial charge < -0.3 is 4.90 Å². The molecule has 0 spiro atoms. The first-order valence-electron chi connectivity index (χ1n) is 8.69. The minimum atomic E-state index is 0.974. The van der Waals surface area contributed by atoms with Crippen LogP contribution in [0.1, 0.15) is 57.4 Å². The lowest BCUT2D eigenvalue weighted by Crippen LogP contribution is -2.26. The average molecular weight is 271 g/mol. The molecule has 0 amide bonds. The van der Waals surface area contributed by atoms with Crippen LogP contribution in [-0.2, 0) is 6.42 Å². The third kappa shape index (κ3) is 4.26. The van der Waals surface area contributed by atoms with Crippen molar-refractivity contribution in [1.29, 1.82) is 0 Å². The molecule has 0 atom stereocenters. The molecule has 0 bridgehead atoms. The predicted molar refractivity (Wildman–Crippen MR) is 87.3 cm³/mol. The van der Waals surface area contributed by atoms with Gasteiger partial charge in [-0.2, -0.15) is 0 Å². The third-order valence-corrected chi connectivity index (χ3v) is 4.80. The van der Waals surface area contributed by atoms with Gasteiger partial charge in [0.15, 0.2) is 0 Å². The van der Waals surface area contributed by atoms with Gasteiger partial charge in [0.1, 0.15) is 0 Å². The molecular weight excluding hydrogens is 242 g/mol. The molecule has 0 heterocycles. The summed E-state index contributed by atoms with van der Waals surface area (Å²) in [5, 5.41) is 0. The van der Waals surface area contributed by atoms with Crippen LogP contribution in [0.25, 0.3) is 0 Å². The van der Waals surface area contributed by atoms with Gasteiger partial charge >= 0.3 is 0 Å². The van der Waals surface area contributed by atoms with Crippen molar-refractivity contribution in [2.24, 2.45) is 11.8 Å². The minimum Gasteiger partial charge on any atom is -0.371 e. The topological polar surface area (TPSA) is 3.24 Å². The van der Waals surface area contributed by atoms with Crippen LogP contribution in [0.3, 0.4) is 0 Å². The van der Waals surface area contributed by atoms with Crippen LogP contribution in [0.15, 0.2) is 24.3 Å². The Morgan fingerprint density at radius 1 is 1.00 bits per heavy atom. The van der Waals surface area contributed by atoms with Gasteiger partial charge in [0.05, 0.1) is 0 Å². The van der Waals surface area contributed by atoms with Gasteiger partial charge in [0.2, 0.25) is 0 Å². The maximum absolute atomic E-state index is 2.62. The number of rotatable bonds is 9. The van der Waals surface area contributed by atoms with Crippen LogP contribution in [0, 0.1) is 11.8 Å². The highest BCUT2D eigenvalue weighted by Gasteiger charge is 2.24. The second-order valence-corrected chi connectivity index (χ2v) is 6.89. The zero-order valence-electron chi connectivity index (χ0n) is 13.0. The normalized spacial score (nSPS) is 18.2. The average Bonchev–Trinajstić information content (AvgIpc) is 3.37. The van der Waals surface area contributed by atoms with Crippen LogP contribution in [0.2, 0.25) is 0 Å². The summed E-state index contributed by atoms with van der Waals surface area (Å²) in [5.74, 6) is 2.02. The summed E-state index contributed by atoms with van der Waals surface area (Å²) in [6, 6.07) is 9.45. The maximum atomic E-state index is 2.62. The summed E-state index contributed by atoms with van der Waals surface area (Å²) < 4.78 is 0. The molecule has 0 N–H and O–H groups in total. The van der Waals surface area contributed by atoms with Gasteiger partial charge in [-0.15, -0.1) is 0 Å². The molecule has 1 aromatic rings. The quantitative estimate of drug-likeness (QED) is 0.608. The van der Waals surface area contributed by atoms with Crippen molar-refractivity contribution in [2.45, 2.75) is 58.3 Å². The van der Waals surface area contributed by atoms with Gasteiger partial charge in [-0.25, -0.2) is 0 Å². The molecule has 0 aliphatic heterocycles. The molecule has 0 unspecified atom stereocenters. The first-order chi connectivity index (χ1) is 9.85. The second kappa shape index (κ2) is 6.65. The van der Waals surface area contributed by atoms with Gasteiger partial charge in [0.25, 0.3) is 0 Å². The maximum Gasteiger partial charge on any atom is 0.0366 e. The Kier molecular flexibility index (Phi) is 4.65. The van der Waals surface area contributed by atoms with Crippen LogP contribution in [0.5, 0.6) is 0 Å². The van der Waals surface area contributed by atoms with Gasteiger partial charge in [-0.1, -0.05) is 38.3 Å². The highest BCUT2D eigenvalue weighted by molar-refractivity contribution is 5.48. The summed E-state index contributed by atoms with van der Waals surface area (Å²) in [7, 11) is 0. The first-order valence-corrected chi connectivity index (χ1v) is 8.69. The molecule has 20 heavy (non-hydrogen) atoms. The van der Waals surface area contributed by atoms with Crippen LogP contribution >= 0.6 is 0 Å². The van der Waals surface area contributed by atoms with E-state index in [9.17, 15) is 0 Å². The molecular formula is C19H29N. The zero-order valence-corrected chi connectivity index (χ0v) is 13.0. The molecule has 0 aromatic heterocycles. The minimum absolute atomic E-state index is 0.974. The Balaban J connectivity index is 1.56. The highest BCUT2D eigenvalue weighted by Crippen LogP contribution is 2.34. The molecule has 1 aromatic carbocycles. The smallest absolute Gasteiger partial charge is 0.0366 e. The molecule has 2 saturated carbocycles. The zero-order chi connectivity index (χ0) is 13.8. The van der Waals surface area contributed by atoms with Crippen LogP contribution in [-0.4, -0.2) is 13.1 Å². The van der Waals surface area contributed by atoms with Crippen molar-refractivity contribution in [1.82, 2.24) is 0 Å². The number of hydrogen-bond donors (Lipinski definition) is 0. The molecule has 2 aliphatic carbocycles. The number of nitrogens with zero attached hydrogens (tertiary/aromatic N) is 1. The Morgan fingerprint density at radius 3 is 2.30 bits per heavy atom. The van der Waals surface area contributed by atoms with Gasteiger partial charge in [0, 0.05) is 18.8 Å². The molecule has 1 nitrogen and oxygen atoms in total. The Labute approximate surface area is 124 Å². The number of aryl methyl sites for hydroxylation is 1. The van der Waals surface area contributed by atoms with E-state index in [1.165, 1.54) is 75.7 Å². The fourth-order valence-electron chi connectivity index (χ4n) is 2.94. The van der Waals surface area contributed by atoms with E-state index in [1.54, 1.807) is 0 Å². The van der Waals surface area contributed by atoms with Crippen molar-refractivity contribution in [2.75, 3.05) is 18.0 Å². The van der Waals surface area contributed by atoms with Crippen molar-refractivity contribution in [3.05, 3.63) is 29.8 Å². The largest absolute Gasteiger partial charge is 0.371 e. The SMILES string of the molecule is CCCCN(CC1CC1)c1ccc(CCC2CC2)cc1. The van der Waals surface area contributed by atoms with Crippen LogP contribution in [0.4, 0.5) is 5.69 Å². The fourth-order valence-corrected chi connectivity index (χ4v) is 2.94. The number of anilines is 1.